The summed E-state index contributed by atoms with van der Waals surface area (Å²) in [6.07, 6.45) is -0.0761. The number of nitrogens with zero attached hydrogens (tertiary/aromatic N) is 1. The van der Waals surface area contributed by atoms with E-state index in [0.29, 0.717) is 20.8 Å². The summed E-state index contributed by atoms with van der Waals surface area (Å²) >= 11 is 10.3. The van der Waals surface area contributed by atoms with Crippen molar-refractivity contribution in [3.05, 3.63) is 52.3 Å². The summed E-state index contributed by atoms with van der Waals surface area (Å²) in [6.45, 7) is 4.11. The Kier molecular flexibility index (Phi) is 6.62. The minimum Gasteiger partial charge on any atom is -0.491 e. The molecule has 0 saturated carbocycles. The van der Waals surface area contributed by atoms with Crippen LogP contribution in [0.2, 0.25) is 0 Å². The van der Waals surface area contributed by atoms with Gasteiger partial charge >= 0.3 is 5.97 Å². The maximum Gasteiger partial charge on any atom is 0.304 e. The third kappa shape index (κ3) is 4.85. The number of carboxylic acid groups (broad SMARTS) is 1. The second kappa shape index (κ2) is 8.80. The average Bonchev–Trinajstić information content (AvgIpc) is 2.59. The van der Waals surface area contributed by atoms with Gasteiger partial charge in [0.1, 0.15) is 11.6 Å². The molecule has 1 N–H and O–H groups in total. The zero-order valence-electron chi connectivity index (χ0n) is 15.3. The summed E-state index contributed by atoms with van der Waals surface area (Å²) in [6, 6.07) is 10.5. The predicted molar refractivity (Wildman–Crippen MR) is 117 cm³/mol. The van der Waals surface area contributed by atoms with E-state index in [1.165, 1.54) is 17.8 Å². The number of halogens is 2. The monoisotopic (exact) mass is 483 g/mol. The zero-order chi connectivity index (χ0) is 20.4. The quantitative estimate of drug-likeness (QED) is 0.535. The summed E-state index contributed by atoms with van der Waals surface area (Å²) < 4.78 is 20.8. The Bertz CT molecular complexity index is 922. The van der Waals surface area contributed by atoms with Crippen LogP contribution in [0.15, 0.2) is 45.8 Å². The van der Waals surface area contributed by atoms with Gasteiger partial charge in [-0.3, -0.25) is 4.79 Å². The predicted octanol–water partition coefficient (Wildman–Crippen LogP) is 5.66. The van der Waals surface area contributed by atoms with E-state index in [-0.39, 0.29) is 24.9 Å². The van der Waals surface area contributed by atoms with Gasteiger partial charge in [0.05, 0.1) is 35.0 Å². The van der Waals surface area contributed by atoms with Gasteiger partial charge in [-0.2, -0.15) is 0 Å². The van der Waals surface area contributed by atoms with Crippen LogP contribution in [0.1, 0.15) is 25.8 Å². The van der Waals surface area contributed by atoms with Crippen LogP contribution in [0.5, 0.6) is 5.75 Å². The highest BCUT2D eigenvalue weighted by Gasteiger charge is 2.32. The Morgan fingerprint density at radius 3 is 2.75 bits per heavy atom. The topological polar surface area (TPSA) is 49.8 Å². The van der Waals surface area contributed by atoms with Crippen LogP contribution >= 0.6 is 39.9 Å². The normalized spacial score (nSPS) is 16.2. The molecule has 0 spiro atoms. The molecule has 2 aromatic carbocycles. The van der Waals surface area contributed by atoms with Gasteiger partial charge in [-0.1, -0.05) is 34.2 Å². The summed E-state index contributed by atoms with van der Waals surface area (Å²) in [7, 11) is 0. The summed E-state index contributed by atoms with van der Waals surface area (Å²) in [4.78, 5) is 14.5. The van der Waals surface area contributed by atoms with Crippen LogP contribution in [0.3, 0.4) is 0 Å². The number of carbonyl (C=O) groups is 1. The molecule has 1 aliphatic rings. The summed E-state index contributed by atoms with van der Waals surface area (Å²) in [5, 5.41) is 8.86. The molecule has 4 nitrogen and oxygen atoms in total. The molecule has 1 atom stereocenters. The Labute approximate surface area is 181 Å². The Morgan fingerprint density at radius 1 is 1.36 bits per heavy atom. The number of rotatable bonds is 6. The first-order valence-corrected chi connectivity index (χ1v) is 10.8. The van der Waals surface area contributed by atoms with Gasteiger partial charge in [-0.15, -0.1) is 11.8 Å². The molecule has 3 rings (SSSR count). The molecule has 0 radical (unpaired) electrons. The first-order chi connectivity index (χ1) is 13.2. The maximum atomic E-state index is 14.4. The standard InChI is InChI=1S/C20H19BrFNO3S2/c1-11(2)26-14-5-6-16-17(8-14)28-18(9-19(24)25)20(27)23(16)10-12-3-4-13(21)7-15(12)22/h3-8,11,18H,9-10H2,1-2H3,(H,24,25). The van der Waals surface area contributed by atoms with Crippen molar-refractivity contribution in [3.8, 4) is 5.75 Å². The van der Waals surface area contributed by atoms with E-state index in [2.05, 4.69) is 15.9 Å². The lowest BCUT2D eigenvalue weighted by Gasteiger charge is -2.36. The summed E-state index contributed by atoms with van der Waals surface area (Å²) in [5.74, 6) is -0.558. The smallest absolute Gasteiger partial charge is 0.304 e. The molecular formula is C20H19BrFNO3S2. The van der Waals surface area contributed by atoms with Crippen molar-refractivity contribution in [1.82, 2.24) is 0 Å². The highest BCUT2D eigenvalue weighted by molar-refractivity contribution is 9.10. The van der Waals surface area contributed by atoms with Gasteiger partial charge in [0.2, 0.25) is 0 Å². The number of thioether (sulfide) groups is 1. The number of anilines is 1. The number of fused-ring (bicyclic) bond motifs is 1. The van der Waals surface area contributed by atoms with E-state index in [9.17, 15) is 14.3 Å². The second-order valence-corrected chi connectivity index (χ2v) is 9.24. The SMILES string of the molecule is CC(C)Oc1ccc2c(c1)SC(CC(=O)O)C(=S)N2Cc1ccc(Br)cc1F. The van der Waals surface area contributed by atoms with Crippen LogP contribution in [0, 0.1) is 5.82 Å². The van der Waals surface area contributed by atoms with Gasteiger partial charge in [-0.05, 0) is 44.2 Å². The highest BCUT2D eigenvalue weighted by atomic mass is 79.9. The molecule has 8 heteroatoms. The maximum absolute atomic E-state index is 14.4. The molecule has 0 amide bonds. The van der Waals surface area contributed by atoms with E-state index < -0.39 is 11.2 Å². The Balaban J connectivity index is 1.99. The van der Waals surface area contributed by atoms with Crippen molar-refractivity contribution in [3.63, 3.8) is 0 Å². The molecule has 148 valence electrons. The van der Waals surface area contributed by atoms with E-state index in [1.54, 1.807) is 12.1 Å². The first kappa shape index (κ1) is 21.1. The van der Waals surface area contributed by atoms with Crippen LogP contribution in [-0.2, 0) is 11.3 Å². The lowest BCUT2D eigenvalue weighted by Crippen LogP contribution is -2.40. The lowest BCUT2D eigenvalue weighted by molar-refractivity contribution is -0.136. The van der Waals surface area contributed by atoms with Gasteiger partial charge in [0.15, 0.2) is 0 Å². The largest absolute Gasteiger partial charge is 0.491 e. The van der Waals surface area contributed by atoms with E-state index in [4.69, 9.17) is 17.0 Å². The van der Waals surface area contributed by atoms with Crippen molar-refractivity contribution in [2.24, 2.45) is 0 Å². The molecule has 0 fully saturated rings. The number of ether oxygens (including phenoxy) is 1. The van der Waals surface area contributed by atoms with Crippen molar-refractivity contribution >= 4 is 56.6 Å². The number of benzene rings is 2. The fourth-order valence-electron chi connectivity index (χ4n) is 2.92. The molecular weight excluding hydrogens is 465 g/mol. The van der Waals surface area contributed by atoms with Crippen molar-refractivity contribution in [2.75, 3.05) is 4.90 Å². The number of thiocarbonyl (C=S) groups is 1. The fraction of sp³-hybridized carbons (Fsp3) is 0.300. The third-order valence-corrected chi connectivity index (χ3v) is 6.51. The van der Waals surface area contributed by atoms with E-state index >= 15 is 0 Å². The van der Waals surface area contributed by atoms with Gasteiger partial charge in [0.25, 0.3) is 0 Å². The fourth-order valence-corrected chi connectivity index (χ4v) is 4.89. The van der Waals surface area contributed by atoms with Gasteiger partial charge < -0.3 is 14.7 Å². The van der Waals surface area contributed by atoms with Crippen molar-refractivity contribution in [1.29, 1.82) is 0 Å². The average molecular weight is 484 g/mol. The van der Waals surface area contributed by atoms with Crippen LogP contribution in [0.25, 0.3) is 0 Å². The molecule has 1 unspecified atom stereocenters. The van der Waals surface area contributed by atoms with Gasteiger partial charge in [-0.25, -0.2) is 4.39 Å². The molecule has 1 heterocycles. The lowest BCUT2D eigenvalue weighted by atomic mass is 10.1. The minimum atomic E-state index is -0.923. The first-order valence-electron chi connectivity index (χ1n) is 8.69. The number of hydrogen-bond acceptors (Lipinski definition) is 4. The molecule has 0 bridgehead atoms. The van der Waals surface area contributed by atoms with Crippen molar-refractivity contribution in [2.45, 2.75) is 43.1 Å². The number of hydrogen-bond donors (Lipinski definition) is 1. The molecule has 28 heavy (non-hydrogen) atoms. The van der Waals surface area contributed by atoms with Crippen LogP contribution < -0.4 is 9.64 Å². The second-order valence-electron chi connectivity index (χ2n) is 6.66. The van der Waals surface area contributed by atoms with E-state index in [1.807, 2.05) is 36.9 Å². The molecule has 0 aliphatic carbocycles. The highest BCUT2D eigenvalue weighted by Crippen LogP contribution is 2.43. The minimum absolute atomic E-state index is 0.0236. The summed E-state index contributed by atoms with van der Waals surface area (Å²) in [5.41, 5.74) is 1.31. The third-order valence-electron chi connectivity index (χ3n) is 4.11. The Morgan fingerprint density at radius 2 is 2.11 bits per heavy atom. The molecule has 0 aromatic heterocycles. The molecule has 1 aliphatic heterocycles. The molecule has 0 saturated heterocycles. The molecule has 2 aromatic rings. The van der Waals surface area contributed by atoms with Crippen LogP contribution in [0.4, 0.5) is 10.1 Å². The van der Waals surface area contributed by atoms with Gasteiger partial charge in [0, 0.05) is 14.9 Å². The van der Waals surface area contributed by atoms with E-state index in [0.717, 1.165) is 10.6 Å². The Hall–Kier alpha value is -1.64. The number of carboxylic acids is 1. The zero-order valence-corrected chi connectivity index (χ0v) is 18.5. The number of aliphatic carboxylic acids is 1. The van der Waals surface area contributed by atoms with Crippen LogP contribution in [-0.4, -0.2) is 27.4 Å². The van der Waals surface area contributed by atoms with Crippen molar-refractivity contribution < 1.29 is 19.0 Å².